The van der Waals surface area contributed by atoms with Gasteiger partial charge in [-0.1, -0.05) is 0 Å². The van der Waals surface area contributed by atoms with Crippen LogP contribution in [-0.2, 0) is 14.3 Å². The maximum absolute atomic E-state index is 12.8. The van der Waals surface area contributed by atoms with Gasteiger partial charge in [-0.15, -0.1) is 0 Å². The fourth-order valence-corrected chi connectivity index (χ4v) is 2.13. The van der Waals surface area contributed by atoms with E-state index in [-0.39, 0.29) is 6.42 Å². The molecule has 0 radical (unpaired) electrons. The molecule has 1 aliphatic rings. The van der Waals surface area contributed by atoms with E-state index in [1.54, 1.807) is 0 Å². The smallest absolute Gasteiger partial charge is 0.380 e. The maximum atomic E-state index is 12.8. The standard InChI is InChI=1S/C9H12F4O3S/c1-8(6-10)5-3-2-4-7(8)16-17(14,15)9(11,12)13/h4H,2-3,5-6H2,1H3. The van der Waals surface area contributed by atoms with Crippen LogP contribution < -0.4 is 0 Å². The van der Waals surface area contributed by atoms with Gasteiger partial charge in [0.1, 0.15) is 12.4 Å². The number of allylic oxidation sites excluding steroid dienone is 2. The third kappa shape index (κ3) is 2.91. The van der Waals surface area contributed by atoms with Gasteiger partial charge in [0.2, 0.25) is 0 Å². The Morgan fingerprint density at radius 3 is 2.53 bits per heavy atom. The predicted molar refractivity (Wildman–Crippen MR) is 52.1 cm³/mol. The molecule has 0 spiro atoms. The Labute approximate surface area is 96.6 Å². The third-order valence-electron chi connectivity index (χ3n) is 2.64. The van der Waals surface area contributed by atoms with E-state index in [0.717, 1.165) is 0 Å². The summed E-state index contributed by atoms with van der Waals surface area (Å²) < 4.78 is 74.8. The predicted octanol–water partition coefficient (Wildman–Crippen LogP) is 2.90. The average molecular weight is 276 g/mol. The van der Waals surface area contributed by atoms with E-state index in [1.807, 2.05) is 0 Å². The van der Waals surface area contributed by atoms with Crippen molar-refractivity contribution in [3.05, 3.63) is 11.8 Å². The van der Waals surface area contributed by atoms with Crippen LogP contribution in [0.2, 0.25) is 0 Å². The normalized spacial score (nSPS) is 26.5. The van der Waals surface area contributed by atoms with Crippen molar-refractivity contribution in [2.45, 2.75) is 31.7 Å². The van der Waals surface area contributed by atoms with Crippen LogP contribution in [0.25, 0.3) is 0 Å². The van der Waals surface area contributed by atoms with Crippen molar-refractivity contribution in [1.82, 2.24) is 0 Å². The zero-order valence-electron chi connectivity index (χ0n) is 9.05. The summed E-state index contributed by atoms with van der Waals surface area (Å²) in [7, 11) is -5.71. The van der Waals surface area contributed by atoms with Crippen LogP contribution in [0.15, 0.2) is 11.8 Å². The highest BCUT2D eigenvalue weighted by Gasteiger charge is 2.50. The number of hydrogen-bond acceptors (Lipinski definition) is 3. The molecule has 0 bridgehead atoms. The minimum absolute atomic E-state index is 0.253. The quantitative estimate of drug-likeness (QED) is 0.452. The van der Waals surface area contributed by atoms with Gasteiger partial charge in [-0.25, -0.2) is 0 Å². The molecule has 0 aromatic carbocycles. The van der Waals surface area contributed by atoms with E-state index in [1.165, 1.54) is 13.0 Å². The van der Waals surface area contributed by atoms with Gasteiger partial charge in [0.25, 0.3) is 0 Å². The van der Waals surface area contributed by atoms with Gasteiger partial charge in [-0.05, 0) is 32.3 Å². The highest BCUT2D eigenvalue weighted by atomic mass is 32.2. The van der Waals surface area contributed by atoms with E-state index in [2.05, 4.69) is 4.18 Å². The molecule has 8 heteroatoms. The van der Waals surface area contributed by atoms with E-state index in [4.69, 9.17) is 0 Å². The van der Waals surface area contributed by atoms with Crippen molar-refractivity contribution in [2.24, 2.45) is 5.41 Å². The number of hydrogen-bond donors (Lipinski definition) is 0. The van der Waals surface area contributed by atoms with E-state index >= 15 is 0 Å². The number of alkyl halides is 4. The van der Waals surface area contributed by atoms with Crippen molar-refractivity contribution in [3.63, 3.8) is 0 Å². The van der Waals surface area contributed by atoms with Crippen LogP contribution in [0.5, 0.6) is 0 Å². The summed E-state index contributed by atoms with van der Waals surface area (Å²) >= 11 is 0. The first-order valence-electron chi connectivity index (χ1n) is 4.90. The van der Waals surface area contributed by atoms with Gasteiger partial charge in [-0.2, -0.15) is 21.6 Å². The first kappa shape index (κ1) is 14.3. The highest BCUT2D eigenvalue weighted by molar-refractivity contribution is 7.87. The Hall–Kier alpha value is -0.790. The second kappa shape index (κ2) is 4.47. The molecule has 1 rings (SSSR count). The van der Waals surface area contributed by atoms with Crippen LogP contribution in [0.1, 0.15) is 26.2 Å². The molecule has 0 saturated heterocycles. The van der Waals surface area contributed by atoms with Crippen molar-refractivity contribution in [1.29, 1.82) is 0 Å². The second-order valence-electron chi connectivity index (χ2n) is 4.14. The molecule has 0 saturated carbocycles. The van der Waals surface area contributed by atoms with Crippen LogP contribution in [-0.4, -0.2) is 20.6 Å². The molecule has 0 amide bonds. The molecule has 1 aliphatic carbocycles. The molecule has 0 fully saturated rings. The first-order chi connectivity index (χ1) is 7.62. The summed E-state index contributed by atoms with van der Waals surface area (Å²) in [6, 6.07) is 0. The SMILES string of the molecule is CC1(CF)CCCC=C1OS(=O)(=O)C(F)(F)F. The molecule has 0 aromatic heterocycles. The average Bonchev–Trinajstić information content (AvgIpc) is 2.20. The van der Waals surface area contributed by atoms with Gasteiger partial charge in [0.05, 0.1) is 5.41 Å². The molecular formula is C9H12F4O3S. The van der Waals surface area contributed by atoms with Gasteiger partial charge in [-0.3, -0.25) is 4.39 Å². The zero-order valence-corrected chi connectivity index (χ0v) is 9.87. The summed E-state index contributed by atoms with van der Waals surface area (Å²) in [4.78, 5) is 0. The molecular weight excluding hydrogens is 264 g/mol. The number of halogens is 4. The molecule has 0 heterocycles. The summed E-state index contributed by atoms with van der Waals surface area (Å²) in [5.74, 6) is -0.455. The molecule has 1 unspecified atom stereocenters. The Bertz CT molecular complexity index is 412. The summed E-state index contributed by atoms with van der Waals surface area (Å²) in [6.45, 7) is 0.371. The van der Waals surface area contributed by atoms with Crippen LogP contribution in [0.4, 0.5) is 17.6 Å². The molecule has 3 nitrogen and oxygen atoms in total. The van der Waals surface area contributed by atoms with Crippen molar-refractivity contribution < 1.29 is 30.2 Å². The van der Waals surface area contributed by atoms with E-state index < -0.39 is 33.5 Å². The monoisotopic (exact) mass is 276 g/mol. The minimum Gasteiger partial charge on any atom is -0.380 e. The lowest BCUT2D eigenvalue weighted by atomic mass is 9.80. The molecule has 0 aromatic rings. The lowest BCUT2D eigenvalue weighted by Gasteiger charge is -2.31. The van der Waals surface area contributed by atoms with Gasteiger partial charge in [0, 0.05) is 0 Å². The Balaban J connectivity index is 2.99. The minimum atomic E-state index is -5.71. The Morgan fingerprint density at radius 1 is 1.47 bits per heavy atom. The topological polar surface area (TPSA) is 43.4 Å². The van der Waals surface area contributed by atoms with Gasteiger partial charge >= 0.3 is 15.6 Å². The molecule has 100 valence electrons. The fourth-order valence-electron chi connectivity index (χ4n) is 1.53. The lowest BCUT2D eigenvalue weighted by Crippen LogP contribution is -2.32. The van der Waals surface area contributed by atoms with Gasteiger partial charge < -0.3 is 4.18 Å². The summed E-state index contributed by atoms with van der Waals surface area (Å²) in [5.41, 5.74) is -6.79. The molecule has 1 atom stereocenters. The molecule has 17 heavy (non-hydrogen) atoms. The molecule has 0 N–H and O–H groups in total. The van der Waals surface area contributed by atoms with Crippen molar-refractivity contribution in [2.75, 3.05) is 6.67 Å². The van der Waals surface area contributed by atoms with E-state index in [0.29, 0.717) is 12.8 Å². The summed E-state index contributed by atoms with van der Waals surface area (Å²) in [6.07, 6.45) is 2.41. The third-order valence-corrected chi connectivity index (χ3v) is 3.60. The lowest BCUT2D eigenvalue weighted by molar-refractivity contribution is -0.0537. The van der Waals surface area contributed by atoms with E-state index in [9.17, 15) is 26.0 Å². The van der Waals surface area contributed by atoms with Crippen LogP contribution in [0.3, 0.4) is 0 Å². The highest BCUT2D eigenvalue weighted by Crippen LogP contribution is 2.40. The maximum Gasteiger partial charge on any atom is 0.534 e. The van der Waals surface area contributed by atoms with Gasteiger partial charge in [0.15, 0.2) is 0 Å². The Kier molecular flexibility index (Phi) is 3.75. The largest absolute Gasteiger partial charge is 0.534 e. The van der Waals surface area contributed by atoms with Crippen molar-refractivity contribution in [3.8, 4) is 0 Å². The Morgan fingerprint density at radius 2 is 2.06 bits per heavy atom. The zero-order chi connectivity index (χ0) is 13.3. The first-order valence-corrected chi connectivity index (χ1v) is 6.30. The molecule has 0 aliphatic heterocycles. The van der Waals surface area contributed by atoms with Crippen molar-refractivity contribution >= 4 is 10.1 Å². The van der Waals surface area contributed by atoms with Crippen LogP contribution in [0, 0.1) is 5.41 Å². The second-order valence-corrected chi connectivity index (χ2v) is 5.68. The van der Waals surface area contributed by atoms with Crippen LogP contribution >= 0.6 is 0 Å². The fraction of sp³-hybridized carbons (Fsp3) is 0.778. The summed E-state index contributed by atoms with van der Waals surface area (Å²) in [5, 5.41) is 0. The number of rotatable bonds is 3.